The van der Waals surface area contributed by atoms with E-state index < -0.39 is 9.84 Å². The number of carbonyl (C=O) groups is 1. The Bertz CT molecular complexity index is 656. The zero-order valence-electron chi connectivity index (χ0n) is 14.7. The standard InChI is InChI=1S/C17H27N3O3S/c1-4-20(15-8-10-24(22,23)12-15)17(21)16-6-5-14(11-19-16)18-9-7-13(2)3/h5-6,11,13,15,18H,4,7-10,12H2,1-3H3. The highest BCUT2D eigenvalue weighted by Gasteiger charge is 2.34. The lowest BCUT2D eigenvalue weighted by Crippen LogP contribution is -2.41. The van der Waals surface area contributed by atoms with Gasteiger partial charge in [0.15, 0.2) is 9.84 Å². The molecule has 1 aliphatic rings. The molecule has 1 aromatic rings. The highest BCUT2D eigenvalue weighted by Crippen LogP contribution is 2.19. The third-order valence-electron chi connectivity index (χ3n) is 4.28. The molecule has 0 bridgehead atoms. The van der Waals surface area contributed by atoms with E-state index in [2.05, 4.69) is 24.1 Å². The van der Waals surface area contributed by atoms with E-state index in [-0.39, 0.29) is 23.5 Å². The maximum atomic E-state index is 12.6. The van der Waals surface area contributed by atoms with Gasteiger partial charge in [-0.05, 0) is 37.8 Å². The zero-order chi connectivity index (χ0) is 17.7. The Morgan fingerprint density at radius 2 is 2.17 bits per heavy atom. The molecule has 1 atom stereocenters. The molecule has 24 heavy (non-hydrogen) atoms. The number of pyridine rings is 1. The fourth-order valence-electron chi connectivity index (χ4n) is 2.87. The minimum Gasteiger partial charge on any atom is -0.384 e. The Balaban J connectivity index is 2.00. The van der Waals surface area contributed by atoms with Crippen molar-refractivity contribution in [2.45, 2.75) is 39.7 Å². The topological polar surface area (TPSA) is 79.4 Å². The van der Waals surface area contributed by atoms with Gasteiger partial charge in [0, 0.05) is 19.1 Å². The van der Waals surface area contributed by atoms with Gasteiger partial charge in [-0.2, -0.15) is 0 Å². The largest absolute Gasteiger partial charge is 0.384 e. The molecule has 0 aliphatic carbocycles. The lowest BCUT2D eigenvalue weighted by molar-refractivity contribution is 0.0702. The van der Waals surface area contributed by atoms with Crippen LogP contribution in [0.3, 0.4) is 0 Å². The van der Waals surface area contributed by atoms with Gasteiger partial charge >= 0.3 is 0 Å². The van der Waals surface area contributed by atoms with Crippen molar-refractivity contribution in [3.05, 3.63) is 24.0 Å². The van der Waals surface area contributed by atoms with Crippen LogP contribution in [0.15, 0.2) is 18.3 Å². The first-order valence-corrected chi connectivity index (χ1v) is 10.4. The van der Waals surface area contributed by atoms with Crippen LogP contribution in [0.2, 0.25) is 0 Å². The summed E-state index contributed by atoms with van der Waals surface area (Å²) in [7, 11) is -3.01. The Kier molecular flexibility index (Phi) is 6.21. The second-order valence-corrected chi connectivity index (χ2v) is 8.92. The van der Waals surface area contributed by atoms with E-state index in [0.29, 0.717) is 24.6 Å². The molecule has 1 fully saturated rings. The van der Waals surface area contributed by atoms with Crippen molar-refractivity contribution in [2.24, 2.45) is 5.92 Å². The lowest BCUT2D eigenvalue weighted by Gasteiger charge is -2.26. The van der Waals surface area contributed by atoms with Gasteiger partial charge in [-0.3, -0.25) is 4.79 Å². The van der Waals surface area contributed by atoms with Crippen molar-refractivity contribution in [3.8, 4) is 0 Å². The van der Waals surface area contributed by atoms with Gasteiger partial charge in [0.2, 0.25) is 0 Å². The number of nitrogens with one attached hydrogen (secondary N) is 1. The minimum atomic E-state index is -3.01. The Morgan fingerprint density at radius 3 is 2.67 bits per heavy atom. The highest BCUT2D eigenvalue weighted by molar-refractivity contribution is 7.91. The van der Waals surface area contributed by atoms with E-state index in [1.165, 1.54) is 0 Å². The molecular weight excluding hydrogens is 326 g/mol. The second-order valence-electron chi connectivity index (χ2n) is 6.69. The fraction of sp³-hybridized carbons (Fsp3) is 0.647. The van der Waals surface area contributed by atoms with Gasteiger partial charge in [0.25, 0.3) is 5.91 Å². The average Bonchev–Trinajstić information content (AvgIpc) is 2.88. The van der Waals surface area contributed by atoms with Crippen LogP contribution in [-0.4, -0.2) is 54.8 Å². The molecule has 2 heterocycles. The van der Waals surface area contributed by atoms with Crippen molar-refractivity contribution in [2.75, 3.05) is 29.9 Å². The van der Waals surface area contributed by atoms with Crippen LogP contribution in [0.4, 0.5) is 5.69 Å². The van der Waals surface area contributed by atoms with Crippen molar-refractivity contribution >= 4 is 21.4 Å². The molecule has 7 heteroatoms. The van der Waals surface area contributed by atoms with Gasteiger partial charge < -0.3 is 10.2 Å². The normalized spacial score (nSPS) is 19.4. The van der Waals surface area contributed by atoms with E-state index in [1.807, 2.05) is 13.0 Å². The van der Waals surface area contributed by atoms with Crippen LogP contribution >= 0.6 is 0 Å². The molecule has 1 amide bonds. The summed E-state index contributed by atoms with van der Waals surface area (Å²) in [6.45, 7) is 7.56. The molecular formula is C17H27N3O3S. The summed E-state index contributed by atoms with van der Waals surface area (Å²) < 4.78 is 23.3. The van der Waals surface area contributed by atoms with Crippen LogP contribution in [0.25, 0.3) is 0 Å². The van der Waals surface area contributed by atoms with E-state index in [9.17, 15) is 13.2 Å². The fourth-order valence-corrected chi connectivity index (χ4v) is 4.60. The molecule has 134 valence electrons. The maximum absolute atomic E-state index is 12.6. The quantitative estimate of drug-likeness (QED) is 0.813. The summed E-state index contributed by atoms with van der Waals surface area (Å²) >= 11 is 0. The maximum Gasteiger partial charge on any atom is 0.272 e. The van der Waals surface area contributed by atoms with Gasteiger partial charge in [0.1, 0.15) is 5.69 Å². The molecule has 1 unspecified atom stereocenters. The minimum absolute atomic E-state index is 0.0570. The molecule has 6 nitrogen and oxygen atoms in total. The van der Waals surface area contributed by atoms with Crippen LogP contribution in [0.5, 0.6) is 0 Å². The van der Waals surface area contributed by atoms with Crippen molar-refractivity contribution in [1.29, 1.82) is 0 Å². The predicted octanol–water partition coefficient (Wildman–Crippen LogP) is 2.19. The number of aromatic nitrogens is 1. The first-order valence-electron chi connectivity index (χ1n) is 8.53. The van der Waals surface area contributed by atoms with Gasteiger partial charge in [-0.1, -0.05) is 13.8 Å². The predicted molar refractivity (Wildman–Crippen MR) is 96.0 cm³/mol. The molecule has 2 rings (SSSR count). The van der Waals surface area contributed by atoms with Gasteiger partial charge in [-0.25, -0.2) is 13.4 Å². The smallest absolute Gasteiger partial charge is 0.272 e. The SMILES string of the molecule is CCN(C(=O)c1ccc(NCCC(C)C)cn1)C1CCS(=O)(=O)C1. The molecule has 1 saturated heterocycles. The summed E-state index contributed by atoms with van der Waals surface area (Å²) in [6, 6.07) is 3.31. The number of nitrogens with zero attached hydrogens (tertiary/aromatic N) is 2. The first kappa shape index (κ1) is 18.7. The highest BCUT2D eigenvalue weighted by atomic mass is 32.2. The molecule has 0 spiro atoms. The van der Waals surface area contributed by atoms with Crippen molar-refractivity contribution in [3.63, 3.8) is 0 Å². The molecule has 1 aromatic heterocycles. The van der Waals surface area contributed by atoms with Crippen LogP contribution < -0.4 is 5.32 Å². The Hall–Kier alpha value is -1.63. The Morgan fingerprint density at radius 1 is 1.42 bits per heavy atom. The summed E-state index contributed by atoms with van der Waals surface area (Å²) in [4.78, 5) is 18.5. The summed E-state index contributed by atoms with van der Waals surface area (Å²) in [6.07, 6.45) is 3.24. The van der Waals surface area contributed by atoms with Crippen LogP contribution in [0, 0.1) is 5.92 Å². The van der Waals surface area contributed by atoms with Crippen molar-refractivity contribution < 1.29 is 13.2 Å². The number of rotatable bonds is 7. The Labute approximate surface area is 144 Å². The molecule has 0 aromatic carbocycles. The number of anilines is 1. The second kappa shape index (κ2) is 7.96. The van der Waals surface area contributed by atoms with E-state index in [0.717, 1.165) is 18.7 Å². The number of hydrogen-bond donors (Lipinski definition) is 1. The zero-order valence-corrected chi connectivity index (χ0v) is 15.5. The average molecular weight is 353 g/mol. The van der Waals surface area contributed by atoms with E-state index >= 15 is 0 Å². The summed E-state index contributed by atoms with van der Waals surface area (Å²) in [5, 5.41) is 3.28. The van der Waals surface area contributed by atoms with Gasteiger partial charge in [-0.15, -0.1) is 0 Å². The van der Waals surface area contributed by atoms with Crippen LogP contribution in [-0.2, 0) is 9.84 Å². The molecule has 0 radical (unpaired) electrons. The number of amides is 1. The summed E-state index contributed by atoms with van der Waals surface area (Å²) in [5.74, 6) is 0.648. The molecule has 1 aliphatic heterocycles. The van der Waals surface area contributed by atoms with Gasteiger partial charge in [0.05, 0.1) is 23.4 Å². The monoisotopic (exact) mass is 353 g/mol. The van der Waals surface area contributed by atoms with Crippen LogP contribution in [0.1, 0.15) is 44.1 Å². The van der Waals surface area contributed by atoms with E-state index in [1.54, 1.807) is 17.2 Å². The summed E-state index contributed by atoms with van der Waals surface area (Å²) in [5.41, 5.74) is 1.24. The first-order chi connectivity index (χ1) is 11.3. The molecule has 1 N–H and O–H groups in total. The lowest BCUT2D eigenvalue weighted by atomic mass is 10.1. The number of carbonyl (C=O) groups excluding carboxylic acids is 1. The number of sulfone groups is 1. The third kappa shape index (κ3) is 4.93. The van der Waals surface area contributed by atoms with Crippen molar-refractivity contribution in [1.82, 2.24) is 9.88 Å². The molecule has 0 saturated carbocycles. The van der Waals surface area contributed by atoms with E-state index in [4.69, 9.17) is 0 Å². The number of hydrogen-bond acceptors (Lipinski definition) is 5. The third-order valence-corrected chi connectivity index (χ3v) is 6.03.